The van der Waals surface area contributed by atoms with Crippen molar-refractivity contribution in [2.75, 3.05) is 49.6 Å². The average molecular weight is 471 g/mol. The Morgan fingerprint density at radius 1 is 1.21 bits per heavy atom. The first-order valence-electron chi connectivity index (χ1n) is 11.0. The zero-order valence-corrected chi connectivity index (χ0v) is 18.8. The summed E-state index contributed by atoms with van der Waals surface area (Å²) in [6, 6.07) is 8.14. The lowest BCUT2D eigenvalue weighted by molar-refractivity contribution is -0.118. The fourth-order valence-corrected chi connectivity index (χ4v) is 4.07. The van der Waals surface area contributed by atoms with Crippen LogP contribution in [0.2, 0.25) is 0 Å². The third-order valence-electron chi connectivity index (χ3n) is 5.95. The number of amides is 3. The van der Waals surface area contributed by atoms with Gasteiger partial charge in [-0.05, 0) is 36.8 Å². The fourth-order valence-electron chi connectivity index (χ4n) is 4.07. The molecule has 2 aromatic rings. The minimum Gasteiger partial charge on any atom is -0.453 e. The molecule has 0 saturated carbocycles. The number of methoxy groups -OCH3 is 1. The van der Waals surface area contributed by atoms with Gasteiger partial charge in [-0.3, -0.25) is 9.69 Å². The molecule has 1 aromatic carbocycles. The highest BCUT2D eigenvalue weighted by atomic mass is 19.1. The van der Waals surface area contributed by atoms with Crippen LogP contribution >= 0.6 is 0 Å². The summed E-state index contributed by atoms with van der Waals surface area (Å²) >= 11 is 0. The summed E-state index contributed by atoms with van der Waals surface area (Å²) < 4.78 is 24.9. The third kappa shape index (κ3) is 5.03. The smallest absolute Gasteiger partial charge is 0.414 e. The summed E-state index contributed by atoms with van der Waals surface area (Å²) in [5, 5.41) is 0. The van der Waals surface area contributed by atoms with Gasteiger partial charge in [-0.2, -0.15) is 0 Å². The number of pyridine rings is 1. The number of nitrogens with zero attached hydrogens (tertiary/aromatic N) is 4. The van der Waals surface area contributed by atoms with Crippen LogP contribution in [0.15, 0.2) is 36.5 Å². The van der Waals surface area contributed by atoms with Crippen LogP contribution in [0.25, 0.3) is 11.1 Å². The van der Waals surface area contributed by atoms with Gasteiger partial charge in [-0.15, -0.1) is 0 Å². The largest absolute Gasteiger partial charge is 0.453 e. The Morgan fingerprint density at radius 3 is 2.59 bits per heavy atom. The lowest BCUT2D eigenvalue weighted by atomic mass is 10.1. The van der Waals surface area contributed by atoms with Gasteiger partial charge >= 0.3 is 12.2 Å². The van der Waals surface area contributed by atoms with Crippen LogP contribution in [-0.2, 0) is 14.3 Å². The van der Waals surface area contributed by atoms with Crippen LogP contribution in [0, 0.1) is 5.82 Å². The summed E-state index contributed by atoms with van der Waals surface area (Å²) in [5.41, 5.74) is 6.48. The van der Waals surface area contributed by atoms with Crippen molar-refractivity contribution in [3.63, 3.8) is 0 Å². The van der Waals surface area contributed by atoms with Crippen molar-refractivity contribution in [1.29, 1.82) is 0 Å². The topological polar surface area (TPSA) is 118 Å². The Labute approximate surface area is 196 Å². The van der Waals surface area contributed by atoms with Gasteiger partial charge in [0.15, 0.2) is 0 Å². The average Bonchev–Trinajstić information content (AvgIpc) is 3.23. The van der Waals surface area contributed by atoms with Crippen molar-refractivity contribution >= 4 is 29.6 Å². The summed E-state index contributed by atoms with van der Waals surface area (Å²) in [6.07, 6.45) is 0.653. The highest BCUT2D eigenvalue weighted by molar-refractivity contribution is 5.90. The SMILES string of the molecule is COC(=O)N1CCN(c2ccc(-c3ccc(N4CC(CCC(N)=O)OC4=O)cc3F)cn2)CC1. The molecule has 0 spiro atoms. The molecule has 34 heavy (non-hydrogen) atoms. The van der Waals surface area contributed by atoms with Crippen LogP contribution in [0.4, 0.5) is 25.5 Å². The minimum absolute atomic E-state index is 0.114. The normalized spacial score (nSPS) is 18.1. The zero-order valence-electron chi connectivity index (χ0n) is 18.8. The van der Waals surface area contributed by atoms with E-state index in [1.807, 2.05) is 6.07 Å². The van der Waals surface area contributed by atoms with Gasteiger partial charge in [-0.1, -0.05) is 0 Å². The molecular formula is C23H26FN5O5. The number of cyclic esters (lactones) is 1. The maximum absolute atomic E-state index is 14.9. The van der Waals surface area contributed by atoms with Crippen LogP contribution in [0.1, 0.15) is 12.8 Å². The number of hydrogen-bond acceptors (Lipinski definition) is 7. The number of ether oxygens (including phenoxy) is 2. The molecule has 180 valence electrons. The number of primary amides is 1. The molecule has 1 unspecified atom stereocenters. The second-order valence-corrected chi connectivity index (χ2v) is 8.13. The number of aromatic nitrogens is 1. The Hall–Kier alpha value is -3.89. The van der Waals surface area contributed by atoms with E-state index < -0.39 is 23.9 Å². The minimum atomic E-state index is -0.583. The first kappa shape index (κ1) is 23.3. The molecule has 10 nitrogen and oxygen atoms in total. The molecule has 1 aromatic heterocycles. The zero-order chi connectivity index (χ0) is 24.2. The predicted octanol–water partition coefficient (Wildman–Crippen LogP) is 2.37. The molecule has 1 atom stereocenters. The van der Waals surface area contributed by atoms with Crippen molar-refractivity contribution in [2.45, 2.75) is 18.9 Å². The second-order valence-electron chi connectivity index (χ2n) is 8.13. The molecule has 2 aliphatic rings. The number of hydrogen-bond donors (Lipinski definition) is 1. The molecule has 11 heteroatoms. The van der Waals surface area contributed by atoms with E-state index in [0.29, 0.717) is 49.4 Å². The number of benzene rings is 1. The molecule has 2 fully saturated rings. The van der Waals surface area contributed by atoms with Gasteiger partial charge in [0.2, 0.25) is 5.91 Å². The first-order chi connectivity index (χ1) is 16.4. The van der Waals surface area contributed by atoms with E-state index in [-0.39, 0.29) is 19.1 Å². The number of rotatable bonds is 6. The number of anilines is 2. The van der Waals surface area contributed by atoms with E-state index in [9.17, 15) is 18.8 Å². The number of carbonyl (C=O) groups excluding carboxylic acids is 3. The lowest BCUT2D eigenvalue weighted by Crippen LogP contribution is -2.49. The molecule has 0 bridgehead atoms. The number of halogens is 1. The van der Waals surface area contributed by atoms with Gasteiger partial charge in [0.05, 0.1) is 19.3 Å². The summed E-state index contributed by atoms with van der Waals surface area (Å²) in [4.78, 5) is 44.3. The monoisotopic (exact) mass is 471 g/mol. The Bertz CT molecular complexity index is 1070. The van der Waals surface area contributed by atoms with Gasteiger partial charge in [0, 0.05) is 49.9 Å². The van der Waals surface area contributed by atoms with Crippen LogP contribution in [0.5, 0.6) is 0 Å². The quantitative estimate of drug-likeness (QED) is 0.687. The van der Waals surface area contributed by atoms with Gasteiger partial charge < -0.3 is 25.0 Å². The van der Waals surface area contributed by atoms with Crippen molar-refractivity contribution in [2.24, 2.45) is 5.73 Å². The van der Waals surface area contributed by atoms with Crippen LogP contribution in [-0.4, -0.2) is 73.9 Å². The molecular weight excluding hydrogens is 445 g/mol. The predicted molar refractivity (Wildman–Crippen MR) is 122 cm³/mol. The van der Waals surface area contributed by atoms with E-state index in [1.165, 1.54) is 18.1 Å². The van der Waals surface area contributed by atoms with E-state index >= 15 is 0 Å². The van der Waals surface area contributed by atoms with E-state index in [4.69, 9.17) is 15.2 Å². The molecule has 0 aliphatic carbocycles. The van der Waals surface area contributed by atoms with Gasteiger partial charge in [0.25, 0.3) is 0 Å². The molecule has 2 N–H and O–H groups in total. The Balaban J connectivity index is 1.41. The van der Waals surface area contributed by atoms with Crippen molar-refractivity contribution in [3.8, 4) is 11.1 Å². The van der Waals surface area contributed by atoms with Crippen molar-refractivity contribution in [3.05, 3.63) is 42.3 Å². The Morgan fingerprint density at radius 2 is 1.97 bits per heavy atom. The molecule has 3 amide bonds. The number of piperazine rings is 1. The molecule has 4 rings (SSSR count). The summed E-state index contributed by atoms with van der Waals surface area (Å²) in [5.74, 6) is -0.216. The van der Waals surface area contributed by atoms with Crippen molar-refractivity contribution in [1.82, 2.24) is 9.88 Å². The molecule has 3 heterocycles. The standard InChI is InChI=1S/C23H26FN5O5/c1-33-22(31)28-10-8-27(9-11-28)21-7-2-15(13-26-21)18-5-3-16(12-19(18)24)29-14-17(34-23(29)32)4-6-20(25)30/h2-3,5,7,12-13,17H,4,6,8-11,14H2,1H3,(H2,25,30). The van der Waals surface area contributed by atoms with E-state index in [2.05, 4.69) is 9.88 Å². The maximum Gasteiger partial charge on any atom is 0.414 e. The van der Waals surface area contributed by atoms with Gasteiger partial charge in [-0.25, -0.2) is 19.0 Å². The molecule has 2 aliphatic heterocycles. The lowest BCUT2D eigenvalue weighted by Gasteiger charge is -2.34. The highest BCUT2D eigenvalue weighted by Gasteiger charge is 2.32. The highest BCUT2D eigenvalue weighted by Crippen LogP contribution is 2.30. The van der Waals surface area contributed by atoms with Crippen LogP contribution < -0.4 is 15.5 Å². The summed E-state index contributed by atoms with van der Waals surface area (Å²) in [6.45, 7) is 2.54. The van der Waals surface area contributed by atoms with E-state index in [0.717, 1.165) is 5.82 Å². The second kappa shape index (κ2) is 9.94. The van der Waals surface area contributed by atoms with Crippen LogP contribution in [0.3, 0.4) is 0 Å². The third-order valence-corrected chi connectivity index (χ3v) is 5.95. The first-order valence-corrected chi connectivity index (χ1v) is 11.0. The fraction of sp³-hybridized carbons (Fsp3) is 0.391. The Kier molecular flexibility index (Phi) is 6.80. The molecule has 0 radical (unpaired) electrons. The van der Waals surface area contributed by atoms with Gasteiger partial charge in [0.1, 0.15) is 17.7 Å². The number of carbonyl (C=O) groups is 3. The molecule has 2 saturated heterocycles. The summed E-state index contributed by atoms with van der Waals surface area (Å²) in [7, 11) is 1.36. The number of nitrogens with two attached hydrogens (primary N) is 1. The maximum atomic E-state index is 14.9. The van der Waals surface area contributed by atoms with E-state index in [1.54, 1.807) is 29.3 Å². The van der Waals surface area contributed by atoms with Crippen molar-refractivity contribution < 1.29 is 28.2 Å².